The lowest BCUT2D eigenvalue weighted by Crippen LogP contribution is -2.30. The number of carboxylic acid groups (broad SMARTS) is 1. The van der Waals surface area contributed by atoms with E-state index < -0.39 is 11.9 Å². The molecule has 1 heterocycles. The molecule has 0 bridgehead atoms. The van der Waals surface area contributed by atoms with Gasteiger partial charge in [0.2, 0.25) is 5.76 Å². The molecular formula is C12H19N3O4. The van der Waals surface area contributed by atoms with Gasteiger partial charge in [0, 0.05) is 12.6 Å². The topological polar surface area (TPSA) is 95.7 Å². The lowest BCUT2D eigenvalue weighted by Gasteiger charge is -2.17. The van der Waals surface area contributed by atoms with Gasteiger partial charge in [-0.3, -0.25) is 4.79 Å². The van der Waals surface area contributed by atoms with E-state index in [9.17, 15) is 9.59 Å². The zero-order valence-electron chi connectivity index (χ0n) is 11.2. The van der Waals surface area contributed by atoms with Crippen molar-refractivity contribution in [1.29, 1.82) is 0 Å². The van der Waals surface area contributed by atoms with Crippen molar-refractivity contribution in [3.63, 3.8) is 0 Å². The molecule has 1 aromatic rings. The molecule has 19 heavy (non-hydrogen) atoms. The van der Waals surface area contributed by atoms with Gasteiger partial charge in [0.05, 0.1) is 0 Å². The maximum absolute atomic E-state index is 11.6. The molecule has 2 N–H and O–H groups in total. The standard InChI is InChI=1S/C12H19N3O4/c1-3-15(4-2)7-5-6-13-11(16)9-8-10(12(17)18)19-14-9/h8H,3-7H2,1-2H3,(H,13,16)(H,17,18). The van der Waals surface area contributed by atoms with Crippen LogP contribution in [0.25, 0.3) is 0 Å². The summed E-state index contributed by atoms with van der Waals surface area (Å²) in [7, 11) is 0. The Bertz CT molecular complexity index is 426. The van der Waals surface area contributed by atoms with Crippen molar-refractivity contribution in [2.24, 2.45) is 0 Å². The fraction of sp³-hybridized carbons (Fsp3) is 0.583. The van der Waals surface area contributed by atoms with Crippen LogP contribution < -0.4 is 5.32 Å². The van der Waals surface area contributed by atoms with E-state index in [-0.39, 0.29) is 11.5 Å². The molecule has 0 saturated heterocycles. The highest BCUT2D eigenvalue weighted by Gasteiger charge is 2.15. The minimum absolute atomic E-state index is 0.0137. The van der Waals surface area contributed by atoms with Gasteiger partial charge in [0.15, 0.2) is 5.69 Å². The molecule has 0 aliphatic rings. The predicted octanol–water partition coefficient (Wildman–Crippen LogP) is 0.834. The Morgan fingerprint density at radius 1 is 1.42 bits per heavy atom. The quantitative estimate of drug-likeness (QED) is 0.679. The number of amides is 1. The second-order valence-electron chi connectivity index (χ2n) is 4.02. The molecule has 1 amide bonds. The third-order valence-corrected chi connectivity index (χ3v) is 2.78. The summed E-state index contributed by atoms with van der Waals surface area (Å²) in [5.74, 6) is -2.00. The molecule has 0 spiro atoms. The number of carboxylic acids is 1. The highest BCUT2D eigenvalue weighted by molar-refractivity contribution is 5.94. The smallest absolute Gasteiger partial charge is 0.374 e. The van der Waals surface area contributed by atoms with Crippen LogP contribution in [0.4, 0.5) is 0 Å². The molecule has 0 saturated carbocycles. The van der Waals surface area contributed by atoms with Crippen LogP contribution in [0, 0.1) is 0 Å². The Morgan fingerprint density at radius 2 is 2.11 bits per heavy atom. The van der Waals surface area contributed by atoms with Crippen molar-refractivity contribution in [3.05, 3.63) is 17.5 Å². The summed E-state index contributed by atoms with van der Waals surface area (Å²) in [5.41, 5.74) is -0.0137. The molecule has 0 aliphatic heterocycles. The molecule has 0 atom stereocenters. The van der Waals surface area contributed by atoms with E-state index in [0.717, 1.165) is 32.1 Å². The first-order valence-electron chi connectivity index (χ1n) is 6.29. The SMILES string of the molecule is CCN(CC)CCCNC(=O)c1cc(C(=O)O)on1. The van der Waals surface area contributed by atoms with Gasteiger partial charge in [-0.15, -0.1) is 0 Å². The molecule has 0 unspecified atom stereocenters. The second-order valence-corrected chi connectivity index (χ2v) is 4.02. The highest BCUT2D eigenvalue weighted by atomic mass is 16.5. The van der Waals surface area contributed by atoms with Gasteiger partial charge in [-0.25, -0.2) is 4.79 Å². The second kappa shape index (κ2) is 7.52. The zero-order chi connectivity index (χ0) is 14.3. The van der Waals surface area contributed by atoms with Crippen molar-refractivity contribution in [3.8, 4) is 0 Å². The minimum atomic E-state index is -1.24. The number of hydrogen-bond acceptors (Lipinski definition) is 5. The Hall–Kier alpha value is -1.89. The van der Waals surface area contributed by atoms with E-state index >= 15 is 0 Å². The van der Waals surface area contributed by atoms with Crippen LogP contribution in [0.3, 0.4) is 0 Å². The molecule has 106 valence electrons. The lowest BCUT2D eigenvalue weighted by molar-refractivity contribution is 0.0651. The molecular weight excluding hydrogens is 250 g/mol. The van der Waals surface area contributed by atoms with Crippen molar-refractivity contribution in [1.82, 2.24) is 15.4 Å². The summed E-state index contributed by atoms with van der Waals surface area (Å²) < 4.78 is 4.51. The van der Waals surface area contributed by atoms with Gasteiger partial charge < -0.3 is 19.8 Å². The number of carbonyl (C=O) groups is 2. The molecule has 0 aromatic carbocycles. The Morgan fingerprint density at radius 3 is 2.63 bits per heavy atom. The van der Waals surface area contributed by atoms with Crippen LogP contribution in [0.1, 0.15) is 41.3 Å². The van der Waals surface area contributed by atoms with Crippen molar-refractivity contribution in [2.75, 3.05) is 26.2 Å². The Labute approximate surface area is 111 Å². The molecule has 0 aliphatic carbocycles. The van der Waals surface area contributed by atoms with Crippen LogP contribution in [-0.2, 0) is 0 Å². The third kappa shape index (κ3) is 4.70. The number of hydrogen-bond donors (Lipinski definition) is 2. The van der Waals surface area contributed by atoms with Gasteiger partial charge in [0.1, 0.15) is 0 Å². The number of aromatic nitrogens is 1. The first-order chi connectivity index (χ1) is 9.08. The zero-order valence-corrected chi connectivity index (χ0v) is 11.2. The largest absolute Gasteiger partial charge is 0.475 e. The highest BCUT2D eigenvalue weighted by Crippen LogP contribution is 2.03. The summed E-state index contributed by atoms with van der Waals surface area (Å²) in [6.45, 7) is 7.57. The lowest BCUT2D eigenvalue weighted by atomic mass is 10.3. The molecule has 0 radical (unpaired) electrons. The number of carbonyl (C=O) groups excluding carboxylic acids is 1. The number of nitrogens with zero attached hydrogens (tertiary/aromatic N) is 2. The molecule has 7 heteroatoms. The van der Waals surface area contributed by atoms with E-state index in [2.05, 4.69) is 33.7 Å². The van der Waals surface area contributed by atoms with Crippen LogP contribution >= 0.6 is 0 Å². The summed E-state index contributed by atoms with van der Waals surface area (Å²) in [6.07, 6.45) is 0.830. The van der Waals surface area contributed by atoms with E-state index in [1.807, 2.05) is 0 Å². The van der Waals surface area contributed by atoms with Crippen LogP contribution in [-0.4, -0.2) is 53.2 Å². The average Bonchev–Trinajstić information content (AvgIpc) is 2.88. The fourth-order valence-corrected chi connectivity index (χ4v) is 1.62. The number of nitrogens with one attached hydrogen (secondary N) is 1. The van der Waals surface area contributed by atoms with Crippen molar-refractivity contribution < 1.29 is 19.2 Å². The maximum atomic E-state index is 11.6. The predicted molar refractivity (Wildman–Crippen MR) is 68.2 cm³/mol. The van der Waals surface area contributed by atoms with Gasteiger partial charge in [-0.1, -0.05) is 19.0 Å². The van der Waals surface area contributed by atoms with Crippen LogP contribution in [0.5, 0.6) is 0 Å². The van der Waals surface area contributed by atoms with E-state index in [4.69, 9.17) is 5.11 Å². The van der Waals surface area contributed by atoms with Gasteiger partial charge in [-0.05, 0) is 26.1 Å². The van der Waals surface area contributed by atoms with E-state index in [1.165, 1.54) is 0 Å². The molecule has 1 aromatic heterocycles. The first-order valence-corrected chi connectivity index (χ1v) is 6.29. The normalized spacial score (nSPS) is 10.7. The third-order valence-electron chi connectivity index (χ3n) is 2.78. The van der Waals surface area contributed by atoms with Crippen molar-refractivity contribution in [2.45, 2.75) is 20.3 Å². The first kappa shape index (κ1) is 15.2. The monoisotopic (exact) mass is 269 g/mol. The summed E-state index contributed by atoms with van der Waals surface area (Å²) in [4.78, 5) is 24.4. The molecule has 1 rings (SSSR count). The molecule has 7 nitrogen and oxygen atoms in total. The van der Waals surface area contributed by atoms with Gasteiger partial charge >= 0.3 is 5.97 Å². The maximum Gasteiger partial charge on any atom is 0.374 e. The van der Waals surface area contributed by atoms with Crippen LogP contribution in [0.15, 0.2) is 10.6 Å². The average molecular weight is 269 g/mol. The fourth-order valence-electron chi connectivity index (χ4n) is 1.62. The number of aromatic carboxylic acids is 1. The minimum Gasteiger partial charge on any atom is -0.475 e. The Kier molecular flexibility index (Phi) is 6.01. The van der Waals surface area contributed by atoms with E-state index in [0.29, 0.717) is 6.54 Å². The summed E-state index contributed by atoms with van der Waals surface area (Å²) in [6, 6.07) is 1.11. The van der Waals surface area contributed by atoms with Gasteiger partial charge in [-0.2, -0.15) is 0 Å². The van der Waals surface area contributed by atoms with Crippen LogP contribution in [0.2, 0.25) is 0 Å². The summed E-state index contributed by atoms with van der Waals surface area (Å²) >= 11 is 0. The Balaban J connectivity index is 2.33. The van der Waals surface area contributed by atoms with Gasteiger partial charge in [0.25, 0.3) is 5.91 Å². The number of rotatable bonds is 8. The van der Waals surface area contributed by atoms with Crippen molar-refractivity contribution >= 4 is 11.9 Å². The van der Waals surface area contributed by atoms with E-state index in [1.54, 1.807) is 0 Å². The summed E-state index contributed by atoms with van der Waals surface area (Å²) in [5, 5.41) is 14.7. The molecule has 0 fully saturated rings.